The third-order valence-corrected chi connectivity index (χ3v) is 4.93. The number of nitro groups is 2. The Balaban J connectivity index is 2.90. The molecule has 22 heavy (non-hydrogen) atoms. The topological polar surface area (TPSA) is 86.3 Å². The summed E-state index contributed by atoms with van der Waals surface area (Å²) in [5, 5.41) is 22.9. The van der Waals surface area contributed by atoms with Crippen molar-refractivity contribution < 1.29 is 9.85 Å². The minimum absolute atomic E-state index is 0.0596. The Bertz CT molecular complexity index is 650. The molecule has 0 N–H and O–H groups in total. The highest BCUT2D eigenvalue weighted by atomic mass is 16.6. The van der Waals surface area contributed by atoms with Crippen molar-refractivity contribution in [3.05, 3.63) is 43.0 Å². The molecular weight excluding hydrogens is 284 g/mol. The van der Waals surface area contributed by atoms with E-state index in [1.54, 1.807) is 6.07 Å². The fraction of sp³-hybridized carbons (Fsp3) is 0.625. The van der Waals surface area contributed by atoms with Gasteiger partial charge in [-0.15, -0.1) is 0 Å². The quantitative estimate of drug-likeness (QED) is 0.602. The number of benzene rings is 1. The Morgan fingerprint density at radius 1 is 1.23 bits per heavy atom. The number of nitrogens with zero attached hydrogens (tertiary/aromatic N) is 2. The van der Waals surface area contributed by atoms with Crippen molar-refractivity contribution in [3.8, 4) is 0 Å². The van der Waals surface area contributed by atoms with Crippen LogP contribution < -0.4 is 0 Å². The zero-order chi connectivity index (χ0) is 16.8. The summed E-state index contributed by atoms with van der Waals surface area (Å²) >= 11 is 0. The van der Waals surface area contributed by atoms with Crippen LogP contribution in [0.4, 0.5) is 11.4 Å². The van der Waals surface area contributed by atoms with E-state index in [4.69, 9.17) is 0 Å². The van der Waals surface area contributed by atoms with E-state index in [1.807, 2.05) is 27.7 Å². The zero-order valence-electron chi connectivity index (χ0n) is 13.7. The van der Waals surface area contributed by atoms with E-state index in [0.717, 1.165) is 18.4 Å². The lowest BCUT2D eigenvalue weighted by Gasteiger charge is -2.38. The smallest absolute Gasteiger partial charge is 0.258 e. The Hall–Kier alpha value is -1.98. The third-order valence-electron chi connectivity index (χ3n) is 4.93. The Kier molecular flexibility index (Phi) is 3.98. The molecule has 6 heteroatoms. The lowest BCUT2D eigenvalue weighted by Crippen LogP contribution is -2.29. The fourth-order valence-electron chi connectivity index (χ4n) is 3.60. The molecule has 0 amide bonds. The molecule has 0 bridgehead atoms. The van der Waals surface area contributed by atoms with E-state index in [0.29, 0.717) is 5.56 Å². The van der Waals surface area contributed by atoms with E-state index in [-0.39, 0.29) is 34.2 Å². The van der Waals surface area contributed by atoms with Crippen molar-refractivity contribution in [2.45, 2.75) is 58.8 Å². The first-order valence-corrected chi connectivity index (χ1v) is 7.54. The third kappa shape index (κ3) is 2.46. The van der Waals surface area contributed by atoms with Crippen molar-refractivity contribution in [2.75, 3.05) is 0 Å². The highest BCUT2D eigenvalue weighted by Gasteiger charge is 2.42. The molecule has 0 heterocycles. The second kappa shape index (κ2) is 5.34. The molecule has 1 aromatic carbocycles. The first kappa shape index (κ1) is 16.4. The number of nitro benzene ring substituents is 2. The molecule has 0 saturated heterocycles. The normalized spacial score (nSPS) is 19.8. The molecule has 1 aliphatic carbocycles. The van der Waals surface area contributed by atoms with Crippen LogP contribution >= 0.6 is 0 Å². The van der Waals surface area contributed by atoms with E-state index in [2.05, 4.69) is 0 Å². The van der Waals surface area contributed by atoms with Crippen LogP contribution in [-0.4, -0.2) is 9.85 Å². The van der Waals surface area contributed by atoms with Gasteiger partial charge in [0, 0.05) is 11.6 Å². The Morgan fingerprint density at radius 3 is 2.27 bits per heavy atom. The van der Waals surface area contributed by atoms with Crippen LogP contribution in [0.5, 0.6) is 0 Å². The molecule has 2 rings (SSSR count). The summed E-state index contributed by atoms with van der Waals surface area (Å²) in [5.41, 5.74) is 1.14. The summed E-state index contributed by atoms with van der Waals surface area (Å²) in [6.45, 7) is 9.59. The van der Waals surface area contributed by atoms with Crippen molar-refractivity contribution in [2.24, 2.45) is 5.92 Å². The molecule has 0 unspecified atom stereocenters. The van der Waals surface area contributed by atoms with Gasteiger partial charge in [-0.05, 0) is 42.6 Å². The van der Waals surface area contributed by atoms with Crippen molar-refractivity contribution in [1.82, 2.24) is 0 Å². The first-order valence-electron chi connectivity index (χ1n) is 7.54. The molecule has 0 aromatic heterocycles. The predicted molar refractivity (Wildman–Crippen MR) is 84.3 cm³/mol. The van der Waals surface area contributed by atoms with Gasteiger partial charge < -0.3 is 0 Å². The number of rotatable bonds is 3. The van der Waals surface area contributed by atoms with Crippen LogP contribution in [0.2, 0.25) is 0 Å². The first-order chi connectivity index (χ1) is 10.1. The fourth-order valence-corrected chi connectivity index (χ4v) is 3.60. The largest absolute Gasteiger partial charge is 0.282 e. The van der Waals surface area contributed by atoms with Crippen molar-refractivity contribution >= 4 is 11.4 Å². The summed E-state index contributed by atoms with van der Waals surface area (Å²) < 4.78 is 0. The van der Waals surface area contributed by atoms with Gasteiger partial charge in [0.1, 0.15) is 5.56 Å². The van der Waals surface area contributed by atoms with Gasteiger partial charge in [0.05, 0.1) is 9.85 Å². The average Bonchev–Trinajstić information content (AvgIpc) is 2.36. The van der Waals surface area contributed by atoms with Crippen LogP contribution in [0.1, 0.15) is 63.1 Å². The van der Waals surface area contributed by atoms with Gasteiger partial charge in [-0.1, -0.05) is 27.7 Å². The number of hydrogen-bond acceptors (Lipinski definition) is 4. The summed E-state index contributed by atoms with van der Waals surface area (Å²) in [7, 11) is 0. The van der Waals surface area contributed by atoms with Gasteiger partial charge in [-0.3, -0.25) is 20.2 Å². The zero-order valence-corrected chi connectivity index (χ0v) is 13.7. The lowest BCUT2D eigenvalue weighted by atomic mass is 9.65. The maximum atomic E-state index is 11.6. The van der Waals surface area contributed by atoms with Crippen LogP contribution in [-0.2, 0) is 5.41 Å². The van der Waals surface area contributed by atoms with Crippen molar-refractivity contribution in [1.29, 1.82) is 0 Å². The molecule has 0 spiro atoms. The van der Waals surface area contributed by atoms with Gasteiger partial charge in [-0.2, -0.15) is 0 Å². The number of hydrogen-bond donors (Lipinski definition) is 0. The minimum atomic E-state index is -0.516. The summed E-state index contributed by atoms with van der Waals surface area (Å²) in [5.74, 6) is 0.331. The highest BCUT2D eigenvalue weighted by molar-refractivity contribution is 5.64. The monoisotopic (exact) mass is 306 g/mol. The maximum absolute atomic E-state index is 11.6. The molecule has 1 aliphatic rings. The second-order valence-electron chi connectivity index (χ2n) is 7.12. The van der Waals surface area contributed by atoms with Crippen LogP contribution in [0.15, 0.2) is 6.07 Å². The average molecular weight is 306 g/mol. The highest BCUT2D eigenvalue weighted by Crippen LogP contribution is 2.51. The molecule has 1 atom stereocenters. The molecule has 0 radical (unpaired) electrons. The standard InChI is InChI=1S/C16H22N2O4/c1-9(2)11-6-7-16(4,5)12-8-13(17(19)20)10(3)15(14(11)12)18(21)22/h8-9,11H,6-7H2,1-5H3/t11-/m1/s1. The molecule has 0 saturated carbocycles. The molecular formula is C16H22N2O4. The molecule has 0 aliphatic heterocycles. The van der Waals surface area contributed by atoms with E-state index < -0.39 is 9.85 Å². The van der Waals surface area contributed by atoms with Gasteiger partial charge >= 0.3 is 0 Å². The minimum Gasteiger partial charge on any atom is -0.258 e. The SMILES string of the molecule is Cc1c([N+](=O)[O-])cc2c(c1[N+](=O)[O-])[C@@H](C(C)C)CCC2(C)C. The molecule has 120 valence electrons. The Morgan fingerprint density at radius 2 is 1.82 bits per heavy atom. The van der Waals surface area contributed by atoms with Gasteiger partial charge in [0.2, 0.25) is 0 Å². The van der Waals surface area contributed by atoms with Gasteiger partial charge in [-0.25, -0.2) is 0 Å². The maximum Gasteiger partial charge on any atom is 0.282 e. The predicted octanol–water partition coefficient (Wildman–Crippen LogP) is 4.62. The Labute approximate surface area is 129 Å². The van der Waals surface area contributed by atoms with Crippen LogP contribution in [0.3, 0.4) is 0 Å². The summed E-state index contributed by atoms with van der Waals surface area (Å²) in [6.07, 6.45) is 1.75. The second-order valence-corrected chi connectivity index (χ2v) is 7.12. The van der Waals surface area contributed by atoms with E-state index in [1.165, 1.54) is 6.92 Å². The summed E-state index contributed by atoms with van der Waals surface area (Å²) in [6, 6.07) is 1.56. The molecule has 6 nitrogen and oxygen atoms in total. The number of fused-ring (bicyclic) bond motifs is 1. The van der Waals surface area contributed by atoms with Crippen molar-refractivity contribution in [3.63, 3.8) is 0 Å². The molecule has 0 fully saturated rings. The van der Waals surface area contributed by atoms with Gasteiger partial charge in [0.25, 0.3) is 11.4 Å². The van der Waals surface area contributed by atoms with Crippen LogP contribution in [0.25, 0.3) is 0 Å². The summed E-state index contributed by atoms with van der Waals surface area (Å²) in [4.78, 5) is 22.0. The van der Waals surface area contributed by atoms with Gasteiger partial charge in [0.15, 0.2) is 0 Å². The van der Waals surface area contributed by atoms with E-state index in [9.17, 15) is 20.2 Å². The van der Waals surface area contributed by atoms with E-state index >= 15 is 0 Å². The van der Waals surface area contributed by atoms with Crippen LogP contribution in [0, 0.1) is 33.1 Å². The lowest BCUT2D eigenvalue weighted by molar-refractivity contribution is -0.396. The molecule has 1 aromatic rings.